The zero-order valence-corrected chi connectivity index (χ0v) is 32.6. The molecule has 0 radical (unpaired) electrons. The Hall–Kier alpha value is -6.78. The maximum atomic E-state index is 2.40. The predicted molar refractivity (Wildman–Crippen MR) is 249 cm³/mol. The Morgan fingerprint density at radius 1 is 0.263 bits per heavy atom. The van der Waals surface area contributed by atoms with Gasteiger partial charge < -0.3 is 4.90 Å². The number of benzene rings is 9. The third kappa shape index (κ3) is 6.09. The van der Waals surface area contributed by atoms with E-state index < -0.39 is 0 Å². The van der Waals surface area contributed by atoms with Gasteiger partial charge in [0.05, 0.1) is 0 Å². The average molecular weight is 762 g/mol. The van der Waals surface area contributed by atoms with E-state index in [1.54, 1.807) is 0 Å². The highest BCUT2D eigenvalue weighted by atomic mass is 32.1. The highest BCUT2D eigenvalue weighted by Crippen LogP contribution is 2.44. The van der Waals surface area contributed by atoms with E-state index in [9.17, 15) is 0 Å². The van der Waals surface area contributed by atoms with Gasteiger partial charge in [-0.1, -0.05) is 146 Å². The fourth-order valence-corrected chi connectivity index (χ4v) is 10.6. The van der Waals surface area contributed by atoms with Crippen LogP contribution in [0.5, 0.6) is 0 Å². The monoisotopic (exact) mass is 761 g/mol. The lowest BCUT2D eigenvalue weighted by molar-refractivity contribution is 1.28. The number of hydrogen-bond donors (Lipinski definition) is 0. The maximum absolute atomic E-state index is 2.40. The van der Waals surface area contributed by atoms with Crippen molar-refractivity contribution in [2.24, 2.45) is 0 Å². The standard InChI is InChI=1S/C54H35NS2/c1-3-12-36(13-4-1)41-32-42(37-14-5-2-6-15-37)34-45(33-41)55(43-27-22-38(23-28-43)40-26-31-53-50(35-40)48-17-8-9-20-51(48)56-53)44-29-24-39(25-30-44)46-18-11-19-49-47-16-7-10-21-52(47)57-54(46)49/h1-35H. The second kappa shape index (κ2) is 14.1. The van der Waals surface area contributed by atoms with Gasteiger partial charge in [-0.05, 0) is 111 Å². The lowest BCUT2D eigenvalue weighted by atomic mass is 9.97. The summed E-state index contributed by atoms with van der Waals surface area (Å²) in [6, 6.07) is 77.7. The van der Waals surface area contributed by atoms with Gasteiger partial charge in [0, 0.05) is 57.4 Å². The SMILES string of the molecule is c1ccc(-c2cc(-c3ccccc3)cc(N(c3ccc(-c4ccc5sc6ccccc6c5c4)cc3)c3ccc(-c4cccc5c4sc4ccccc45)cc3)c2)cc1. The van der Waals surface area contributed by atoms with Gasteiger partial charge in [0.25, 0.3) is 0 Å². The minimum Gasteiger partial charge on any atom is -0.310 e. The summed E-state index contributed by atoms with van der Waals surface area (Å²) in [5.74, 6) is 0. The van der Waals surface area contributed by atoms with Gasteiger partial charge in [0.1, 0.15) is 0 Å². The van der Waals surface area contributed by atoms with Crippen molar-refractivity contribution in [3.05, 3.63) is 212 Å². The summed E-state index contributed by atoms with van der Waals surface area (Å²) in [5, 5.41) is 5.27. The molecule has 11 rings (SSSR count). The molecule has 0 amide bonds. The van der Waals surface area contributed by atoms with E-state index in [2.05, 4.69) is 217 Å². The van der Waals surface area contributed by atoms with Crippen LogP contribution < -0.4 is 4.90 Å². The van der Waals surface area contributed by atoms with Crippen LogP contribution >= 0.6 is 22.7 Å². The fraction of sp³-hybridized carbons (Fsp3) is 0. The minimum atomic E-state index is 1.10. The molecular formula is C54H35NS2. The number of fused-ring (bicyclic) bond motifs is 6. The summed E-state index contributed by atoms with van der Waals surface area (Å²) in [6.45, 7) is 0. The lowest BCUT2D eigenvalue weighted by Crippen LogP contribution is -2.10. The quantitative estimate of drug-likeness (QED) is 0.156. The van der Waals surface area contributed by atoms with Crippen molar-refractivity contribution < 1.29 is 0 Å². The van der Waals surface area contributed by atoms with Crippen LogP contribution in [-0.4, -0.2) is 0 Å². The van der Waals surface area contributed by atoms with Crippen LogP contribution in [-0.2, 0) is 0 Å². The average Bonchev–Trinajstić information content (AvgIpc) is 3.86. The van der Waals surface area contributed by atoms with E-state index in [0.29, 0.717) is 0 Å². The van der Waals surface area contributed by atoms with Crippen LogP contribution in [0.3, 0.4) is 0 Å². The van der Waals surface area contributed by atoms with Crippen LogP contribution in [0.1, 0.15) is 0 Å². The highest BCUT2D eigenvalue weighted by Gasteiger charge is 2.18. The van der Waals surface area contributed by atoms with Crippen molar-refractivity contribution in [2.45, 2.75) is 0 Å². The number of thiophene rings is 2. The highest BCUT2D eigenvalue weighted by molar-refractivity contribution is 7.26. The Balaban J connectivity index is 1.05. The molecule has 2 heterocycles. The smallest absolute Gasteiger partial charge is 0.0473 e. The zero-order chi connectivity index (χ0) is 37.7. The molecule has 3 heteroatoms. The second-order valence-corrected chi connectivity index (χ2v) is 16.7. The van der Waals surface area contributed by atoms with Gasteiger partial charge in [-0.3, -0.25) is 0 Å². The molecule has 0 aliphatic heterocycles. The number of nitrogens with zero attached hydrogens (tertiary/aromatic N) is 1. The maximum Gasteiger partial charge on any atom is 0.0473 e. The van der Waals surface area contributed by atoms with Crippen molar-refractivity contribution in [3.8, 4) is 44.5 Å². The van der Waals surface area contributed by atoms with Gasteiger partial charge in [-0.15, -0.1) is 22.7 Å². The van der Waals surface area contributed by atoms with Crippen molar-refractivity contribution in [3.63, 3.8) is 0 Å². The molecule has 1 nitrogen and oxygen atoms in total. The summed E-state index contributed by atoms with van der Waals surface area (Å²) in [6.07, 6.45) is 0. The number of hydrogen-bond acceptors (Lipinski definition) is 3. The largest absolute Gasteiger partial charge is 0.310 e. The first-order valence-corrected chi connectivity index (χ1v) is 21.0. The van der Waals surface area contributed by atoms with Gasteiger partial charge in [0.2, 0.25) is 0 Å². The first-order chi connectivity index (χ1) is 28.2. The molecule has 0 aliphatic rings. The molecule has 0 aliphatic carbocycles. The van der Waals surface area contributed by atoms with E-state index in [0.717, 1.165) is 17.1 Å². The molecule has 9 aromatic carbocycles. The topological polar surface area (TPSA) is 3.24 Å². The summed E-state index contributed by atoms with van der Waals surface area (Å²) in [5.41, 5.74) is 12.9. The van der Waals surface area contributed by atoms with Gasteiger partial charge in [-0.25, -0.2) is 0 Å². The molecule has 0 saturated heterocycles. The summed E-state index contributed by atoms with van der Waals surface area (Å²) < 4.78 is 5.30. The molecule has 2 aromatic heterocycles. The van der Waals surface area contributed by atoms with Crippen molar-refractivity contribution in [1.29, 1.82) is 0 Å². The molecule has 0 atom stereocenters. The van der Waals surface area contributed by atoms with E-state index in [-0.39, 0.29) is 0 Å². The van der Waals surface area contributed by atoms with Crippen LogP contribution in [0.25, 0.3) is 84.9 Å². The number of rotatable bonds is 7. The van der Waals surface area contributed by atoms with Crippen LogP contribution in [0.15, 0.2) is 212 Å². The Morgan fingerprint density at radius 2 is 0.754 bits per heavy atom. The fourth-order valence-electron chi connectivity index (χ4n) is 8.26. The van der Waals surface area contributed by atoms with Crippen molar-refractivity contribution in [1.82, 2.24) is 0 Å². The molecule has 268 valence electrons. The van der Waals surface area contributed by atoms with Crippen molar-refractivity contribution in [2.75, 3.05) is 4.90 Å². The van der Waals surface area contributed by atoms with E-state index in [1.807, 2.05) is 22.7 Å². The van der Waals surface area contributed by atoms with Crippen LogP contribution in [0.4, 0.5) is 17.1 Å². The van der Waals surface area contributed by atoms with E-state index in [4.69, 9.17) is 0 Å². The first-order valence-electron chi connectivity index (χ1n) is 19.3. The van der Waals surface area contributed by atoms with Crippen LogP contribution in [0.2, 0.25) is 0 Å². The third-order valence-electron chi connectivity index (χ3n) is 11.1. The molecule has 0 bridgehead atoms. The van der Waals surface area contributed by atoms with E-state index in [1.165, 1.54) is 84.9 Å². The van der Waals surface area contributed by atoms with Crippen LogP contribution in [0, 0.1) is 0 Å². The third-order valence-corrected chi connectivity index (χ3v) is 13.4. The second-order valence-electron chi connectivity index (χ2n) is 14.5. The Bertz CT molecular complexity index is 3150. The predicted octanol–water partition coefficient (Wildman–Crippen LogP) is 16.6. The summed E-state index contributed by atoms with van der Waals surface area (Å²) in [4.78, 5) is 2.40. The molecule has 57 heavy (non-hydrogen) atoms. The Labute approximate surface area is 340 Å². The zero-order valence-electron chi connectivity index (χ0n) is 31.0. The normalized spacial score (nSPS) is 11.5. The van der Waals surface area contributed by atoms with Crippen molar-refractivity contribution >= 4 is 80.1 Å². The van der Waals surface area contributed by atoms with Gasteiger partial charge >= 0.3 is 0 Å². The van der Waals surface area contributed by atoms with Gasteiger partial charge in [-0.2, -0.15) is 0 Å². The minimum absolute atomic E-state index is 1.10. The molecule has 0 unspecified atom stereocenters. The van der Waals surface area contributed by atoms with Gasteiger partial charge in [0.15, 0.2) is 0 Å². The Kier molecular flexibility index (Phi) is 8.28. The molecule has 11 aromatic rings. The molecule has 0 spiro atoms. The molecular weight excluding hydrogens is 727 g/mol. The molecule has 0 N–H and O–H groups in total. The lowest BCUT2D eigenvalue weighted by Gasteiger charge is -2.27. The molecule has 0 fully saturated rings. The summed E-state index contributed by atoms with van der Waals surface area (Å²) >= 11 is 3.74. The Morgan fingerprint density at radius 3 is 1.40 bits per heavy atom. The first kappa shape index (κ1) is 33.5. The molecule has 0 saturated carbocycles. The summed E-state index contributed by atoms with van der Waals surface area (Å²) in [7, 11) is 0. The van der Waals surface area contributed by atoms with E-state index >= 15 is 0 Å². The number of anilines is 3.